The number of nitrogens with two attached hydrogens (primary N) is 1. The monoisotopic (exact) mass is 293 g/mol. The van der Waals surface area contributed by atoms with Crippen molar-refractivity contribution in [3.63, 3.8) is 0 Å². The van der Waals surface area contributed by atoms with Gasteiger partial charge >= 0.3 is 0 Å². The minimum absolute atomic E-state index is 0.0193. The van der Waals surface area contributed by atoms with Crippen LogP contribution in [0.4, 0.5) is 11.4 Å². The number of benzene rings is 1. The van der Waals surface area contributed by atoms with Crippen molar-refractivity contribution in [3.05, 3.63) is 33.9 Å². The van der Waals surface area contributed by atoms with E-state index in [1.807, 2.05) is 0 Å². The zero-order valence-electron chi connectivity index (χ0n) is 11.9. The smallest absolute Gasteiger partial charge is 0.292 e. The molecule has 114 valence electrons. The van der Waals surface area contributed by atoms with Crippen molar-refractivity contribution in [2.75, 3.05) is 12.3 Å². The van der Waals surface area contributed by atoms with Gasteiger partial charge in [0.25, 0.3) is 11.6 Å². The topological polar surface area (TPSA) is 110 Å². The van der Waals surface area contributed by atoms with E-state index in [1.54, 1.807) is 11.8 Å². The van der Waals surface area contributed by atoms with Crippen molar-refractivity contribution < 1.29 is 14.8 Å². The maximum absolute atomic E-state index is 12.5. The highest BCUT2D eigenvalue weighted by atomic mass is 16.6. The van der Waals surface area contributed by atoms with Crippen LogP contribution in [0.15, 0.2) is 18.2 Å². The van der Waals surface area contributed by atoms with E-state index in [9.17, 15) is 20.0 Å². The summed E-state index contributed by atoms with van der Waals surface area (Å²) in [4.78, 5) is 24.5. The molecule has 1 amide bonds. The number of carbonyl (C=O) groups is 1. The number of nitro groups is 1. The number of aliphatic hydroxyl groups excluding tert-OH is 1. The van der Waals surface area contributed by atoms with Crippen LogP contribution in [-0.4, -0.2) is 39.5 Å². The quantitative estimate of drug-likeness (QED) is 0.497. The average Bonchev–Trinajstić information content (AvgIpc) is 2.85. The minimum atomic E-state index is -0.594. The summed E-state index contributed by atoms with van der Waals surface area (Å²) in [5.74, 6) is -0.249. The molecular weight excluding hydrogens is 274 g/mol. The summed E-state index contributed by atoms with van der Waals surface area (Å²) in [6.45, 7) is 2.30. The highest BCUT2D eigenvalue weighted by molar-refractivity contribution is 5.96. The third-order valence-corrected chi connectivity index (χ3v) is 3.73. The van der Waals surface area contributed by atoms with Crippen molar-refractivity contribution >= 4 is 17.3 Å². The lowest BCUT2D eigenvalue weighted by Gasteiger charge is -2.25. The molecule has 1 aromatic rings. The first-order valence-electron chi connectivity index (χ1n) is 6.93. The zero-order valence-corrected chi connectivity index (χ0v) is 11.9. The van der Waals surface area contributed by atoms with E-state index in [0.29, 0.717) is 13.0 Å². The number of likely N-dealkylation sites (tertiary alicyclic amines) is 1. The second-order valence-electron chi connectivity index (χ2n) is 5.41. The molecule has 7 heteroatoms. The number of hydrogen-bond acceptors (Lipinski definition) is 5. The molecule has 7 nitrogen and oxygen atoms in total. The molecule has 0 bridgehead atoms. The van der Waals surface area contributed by atoms with Gasteiger partial charge < -0.3 is 15.7 Å². The number of aliphatic hydroxyl groups is 1. The number of nitro benzene ring substituents is 1. The SMILES string of the molecule is CC(O)CC1CCCN1C(=O)c1ccc(N)c([N+](=O)[O-])c1. The van der Waals surface area contributed by atoms with Gasteiger partial charge in [0.1, 0.15) is 5.69 Å². The standard InChI is InChI=1S/C14H19N3O4/c1-9(18)7-11-3-2-6-16(11)14(19)10-4-5-12(15)13(8-10)17(20)21/h4-5,8-9,11,18H,2-3,6-7,15H2,1H3. The van der Waals surface area contributed by atoms with Crippen LogP contribution in [0.3, 0.4) is 0 Å². The highest BCUT2D eigenvalue weighted by Crippen LogP contribution is 2.27. The summed E-state index contributed by atoms with van der Waals surface area (Å²) < 4.78 is 0. The normalized spacial score (nSPS) is 19.5. The van der Waals surface area contributed by atoms with E-state index in [2.05, 4.69) is 0 Å². The van der Waals surface area contributed by atoms with Crippen LogP contribution >= 0.6 is 0 Å². The molecule has 2 unspecified atom stereocenters. The second-order valence-corrected chi connectivity index (χ2v) is 5.41. The van der Waals surface area contributed by atoms with Crippen molar-refractivity contribution in [2.45, 2.75) is 38.3 Å². The number of amides is 1. The van der Waals surface area contributed by atoms with E-state index in [-0.39, 0.29) is 28.9 Å². The fraction of sp³-hybridized carbons (Fsp3) is 0.500. The molecule has 1 aliphatic heterocycles. The number of carbonyl (C=O) groups excluding carboxylic acids is 1. The van der Waals surface area contributed by atoms with Crippen LogP contribution in [0, 0.1) is 10.1 Å². The lowest BCUT2D eigenvalue weighted by molar-refractivity contribution is -0.383. The van der Waals surface area contributed by atoms with Crippen molar-refractivity contribution in [1.29, 1.82) is 0 Å². The molecule has 0 spiro atoms. The molecule has 2 rings (SSSR count). The Balaban J connectivity index is 2.23. The fourth-order valence-electron chi connectivity index (χ4n) is 2.74. The van der Waals surface area contributed by atoms with Gasteiger partial charge in [-0.15, -0.1) is 0 Å². The zero-order chi connectivity index (χ0) is 15.6. The highest BCUT2D eigenvalue weighted by Gasteiger charge is 2.31. The van der Waals surface area contributed by atoms with Gasteiger partial charge in [-0.1, -0.05) is 0 Å². The average molecular weight is 293 g/mol. The van der Waals surface area contributed by atoms with Crippen molar-refractivity contribution in [2.24, 2.45) is 0 Å². The maximum Gasteiger partial charge on any atom is 0.292 e. The first-order chi connectivity index (χ1) is 9.90. The van der Waals surface area contributed by atoms with Crippen LogP contribution in [0.2, 0.25) is 0 Å². The summed E-state index contributed by atoms with van der Waals surface area (Å²) >= 11 is 0. The molecule has 1 heterocycles. The van der Waals surface area contributed by atoms with Gasteiger partial charge in [0.05, 0.1) is 11.0 Å². The molecule has 1 fully saturated rings. The van der Waals surface area contributed by atoms with Gasteiger partial charge in [-0.25, -0.2) is 0 Å². The number of rotatable bonds is 4. The molecule has 0 aromatic heterocycles. The Labute approximate surface area is 122 Å². The van der Waals surface area contributed by atoms with Crippen molar-refractivity contribution in [1.82, 2.24) is 4.90 Å². The first-order valence-corrected chi connectivity index (χ1v) is 6.93. The molecule has 1 aromatic carbocycles. The van der Waals surface area contributed by atoms with Crippen LogP contribution in [0.25, 0.3) is 0 Å². The van der Waals surface area contributed by atoms with E-state index in [0.717, 1.165) is 12.8 Å². The molecule has 0 saturated carbocycles. The fourth-order valence-corrected chi connectivity index (χ4v) is 2.74. The Hall–Kier alpha value is -2.15. The molecular formula is C14H19N3O4. The molecule has 0 radical (unpaired) electrons. The summed E-state index contributed by atoms with van der Waals surface area (Å²) in [7, 11) is 0. The van der Waals surface area contributed by atoms with Crippen LogP contribution in [0.1, 0.15) is 36.5 Å². The predicted octanol–water partition coefficient (Wildman–Crippen LogP) is 1.55. The van der Waals surface area contributed by atoms with Gasteiger partial charge in [-0.2, -0.15) is 0 Å². The van der Waals surface area contributed by atoms with Gasteiger partial charge in [0.15, 0.2) is 0 Å². The van der Waals surface area contributed by atoms with Crippen molar-refractivity contribution in [3.8, 4) is 0 Å². The number of hydrogen-bond donors (Lipinski definition) is 2. The first kappa shape index (κ1) is 15.2. The summed E-state index contributed by atoms with van der Waals surface area (Å²) in [6, 6.07) is 4.08. The van der Waals surface area contributed by atoms with Gasteiger partial charge in [-0.3, -0.25) is 14.9 Å². The summed E-state index contributed by atoms with van der Waals surface area (Å²) in [5, 5.41) is 20.4. The van der Waals surface area contributed by atoms with E-state index in [4.69, 9.17) is 5.73 Å². The molecule has 21 heavy (non-hydrogen) atoms. The van der Waals surface area contributed by atoms with Crippen LogP contribution < -0.4 is 5.73 Å². The van der Waals surface area contributed by atoms with Crippen LogP contribution in [0.5, 0.6) is 0 Å². The van der Waals surface area contributed by atoms with Gasteiger partial charge in [0, 0.05) is 24.2 Å². The Morgan fingerprint density at radius 3 is 2.95 bits per heavy atom. The third-order valence-electron chi connectivity index (χ3n) is 3.73. The molecule has 1 saturated heterocycles. The number of nitrogens with zero attached hydrogens (tertiary/aromatic N) is 2. The lowest BCUT2D eigenvalue weighted by atomic mass is 10.1. The van der Waals surface area contributed by atoms with Gasteiger partial charge in [0.2, 0.25) is 0 Å². The Morgan fingerprint density at radius 1 is 1.62 bits per heavy atom. The third kappa shape index (κ3) is 3.30. The van der Waals surface area contributed by atoms with E-state index >= 15 is 0 Å². The number of nitrogen functional groups attached to an aromatic ring is 1. The predicted molar refractivity (Wildman–Crippen MR) is 77.9 cm³/mol. The van der Waals surface area contributed by atoms with E-state index < -0.39 is 11.0 Å². The molecule has 2 atom stereocenters. The molecule has 1 aliphatic rings. The van der Waals surface area contributed by atoms with Crippen LogP contribution in [-0.2, 0) is 0 Å². The minimum Gasteiger partial charge on any atom is -0.393 e. The molecule has 0 aliphatic carbocycles. The maximum atomic E-state index is 12.5. The summed E-state index contributed by atoms with van der Waals surface area (Å²) in [5.41, 5.74) is 5.58. The Kier molecular flexibility index (Phi) is 4.42. The number of anilines is 1. The van der Waals surface area contributed by atoms with E-state index in [1.165, 1.54) is 18.2 Å². The molecule has 3 N–H and O–H groups in total. The van der Waals surface area contributed by atoms with Gasteiger partial charge in [-0.05, 0) is 38.3 Å². The second kappa shape index (κ2) is 6.09. The largest absolute Gasteiger partial charge is 0.393 e. The Morgan fingerprint density at radius 2 is 2.33 bits per heavy atom. The lowest BCUT2D eigenvalue weighted by Crippen LogP contribution is -2.37. The summed E-state index contributed by atoms with van der Waals surface area (Å²) in [6.07, 6.45) is 1.75. The Bertz CT molecular complexity index is 559.